The molecular weight excluding hydrogens is 454 g/mol. The molecule has 1 atom stereocenters. The van der Waals surface area contributed by atoms with Gasteiger partial charge in [-0.15, -0.1) is 0 Å². The van der Waals surface area contributed by atoms with Crippen molar-refractivity contribution in [2.45, 2.75) is 26.2 Å². The van der Waals surface area contributed by atoms with Crippen molar-refractivity contribution in [3.05, 3.63) is 94.9 Å². The van der Waals surface area contributed by atoms with E-state index in [0.717, 1.165) is 50.1 Å². The molecule has 1 aromatic heterocycles. The minimum Gasteiger partial charge on any atom is -0.461 e. The summed E-state index contributed by atoms with van der Waals surface area (Å²) in [6, 6.07) is 17.2. The van der Waals surface area contributed by atoms with Crippen molar-refractivity contribution in [1.29, 1.82) is 0 Å². The Morgan fingerprint density at radius 1 is 0.914 bits per heavy atom. The molecular formula is C27H30F2N2O4. The van der Waals surface area contributed by atoms with Crippen LogP contribution in [0.15, 0.2) is 65.1 Å². The topological polar surface area (TPSA) is 55.2 Å². The second-order valence-electron chi connectivity index (χ2n) is 8.60. The fraction of sp³-hybridized carbons (Fsp3) is 0.370. The average Bonchev–Trinajstić information content (AvgIpc) is 3.31. The first-order chi connectivity index (χ1) is 17.0. The van der Waals surface area contributed by atoms with Crippen molar-refractivity contribution in [3.8, 4) is 0 Å². The summed E-state index contributed by atoms with van der Waals surface area (Å²) in [5, 5.41) is 0. The second kappa shape index (κ2) is 12.1. The molecule has 4 rings (SSSR count). The smallest absolute Gasteiger partial charge is 0.303 e. The van der Waals surface area contributed by atoms with Crippen LogP contribution in [0.2, 0.25) is 0 Å². The molecule has 0 N–H and O–H groups in total. The summed E-state index contributed by atoms with van der Waals surface area (Å²) in [4.78, 5) is 15.6. The molecule has 1 aliphatic heterocycles. The van der Waals surface area contributed by atoms with Gasteiger partial charge in [0, 0.05) is 39.6 Å². The lowest BCUT2D eigenvalue weighted by atomic mass is 10.0. The Bertz CT molecular complexity index is 1100. The third kappa shape index (κ3) is 7.21. The maximum Gasteiger partial charge on any atom is 0.303 e. The van der Waals surface area contributed by atoms with Crippen LogP contribution in [0.1, 0.15) is 35.7 Å². The number of halogens is 2. The summed E-state index contributed by atoms with van der Waals surface area (Å²) in [5.74, 6) is -0.587. The fourth-order valence-electron chi connectivity index (χ4n) is 4.14. The molecule has 1 unspecified atom stereocenters. The number of piperazine rings is 1. The molecule has 0 amide bonds. The first-order valence-electron chi connectivity index (χ1n) is 11.7. The number of furan rings is 1. The molecule has 0 aliphatic carbocycles. The molecule has 0 spiro atoms. The van der Waals surface area contributed by atoms with Gasteiger partial charge in [-0.3, -0.25) is 14.6 Å². The van der Waals surface area contributed by atoms with E-state index in [-0.39, 0.29) is 12.6 Å². The lowest BCUT2D eigenvalue weighted by Gasteiger charge is -2.34. The summed E-state index contributed by atoms with van der Waals surface area (Å²) < 4.78 is 44.2. The summed E-state index contributed by atoms with van der Waals surface area (Å²) >= 11 is 0. The van der Waals surface area contributed by atoms with Gasteiger partial charge >= 0.3 is 5.97 Å². The predicted octanol–water partition coefficient (Wildman–Crippen LogP) is 4.54. The maximum absolute atomic E-state index is 13.9. The zero-order chi connectivity index (χ0) is 24.6. The van der Waals surface area contributed by atoms with Crippen molar-refractivity contribution in [2.75, 3.05) is 39.3 Å². The predicted molar refractivity (Wildman–Crippen MR) is 126 cm³/mol. The van der Waals surface area contributed by atoms with Crippen molar-refractivity contribution in [1.82, 2.24) is 9.80 Å². The van der Waals surface area contributed by atoms with Gasteiger partial charge in [0.2, 0.25) is 0 Å². The molecule has 6 nitrogen and oxygen atoms in total. The number of carbonyl (C=O) groups is 1. The first kappa shape index (κ1) is 25.0. The van der Waals surface area contributed by atoms with Crippen LogP contribution in [-0.2, 0) is 27.4 Å². The van der Waals surface area contributed by atoms with Gasteiger partial charge in [0.1, 0.15) is 24.2 Å². The molecule has 3 aromatic rings. The highest BCUT2D eigenvalue weighted by Crippen LogP contribution is 2.27. The lowest BCUT2D eigenvalue weighted by Crippen LogP contribution is -2.46. The summed E-state index contributed by atoms with van der Waals surface area (Å²) in [7, 11) is 0. The molecule has 1 aliphatic rings. The quantitative estimate of drug-likeness (QED) is 0.394. The molecule has 2 aromatic carbocycles. The average molecular weight is 485 g/mol. The van der Waals surface area contributed by atoms with E-state index >= 15 is 0 Å². The van der Waals surface area contributed by atoms with Crippen molar-refractivity contribution < 1.29 is 27.5 Å². The lowest BCUT2D eigenvalue weighted by molar-refractivity contribution is -0.142. The number of ether oxygens (including phenoxy) is 2. The molecule has 186 valence electrons. The Hall–Kier alpha value is -3.07. The third-order valence-corrected chi connectivity index (χ3v) is 6.02. The van der Waals surface area contributed by atoms with Crippen LogP contribution >= 0.6 is 0 Å². The van der Waals surface area contributed by atoms with Gasteiger partial charge in [-0.1, -0.05) is 36.4 Å². The summed E-state index contributed by atoms with van der Waals surface area (Å²) in [6.45, 7) is 7.02. The monoisotopic (exact) mass is 484 g/mol. The van der Waals surface area contributed by atoms with Crippen LogP contribution < -0.4 is 0 Å². The van der Waals surface area contributed by atoms with Crippen LogP contribution in [-0.4, -0.2) is 55.1 Å². The number of carbonyl (C=O) groups excluding carboxylic acids is 1. The number of hydrogen-bond donors (Lipinski definition) is 0. The molecule has 0 radical (unpaired) electrons. The minimum atomic E-state index is -0.877. The van der Waals surface area contributed by atoms with Crippen LogP contribution in [0, 0.1) is 11.6 Å². The number of rotatable bonds is 10. The Kier molecular flexibility index (Phi) is 8.63. The van der Waals surface area contributed by atoms with E-state index in [1.807, 2.05) is 42.5 Å². The maximum atomic E-state index is 13.9. The highest BCUT2D eigenvalue weighted by atomic mass is 19.2. The Morgan fingerprint density at radius 2 is 1.63 bits per heavy atom. The van der Waals surface area contributed by atoms with Gasteiger partial charge in [0.05, 0.1) is 13.2 Å². The number of hydrogen-bond acceptors (Lipinski definition) is 6. The molecule has 8 heteroatoms. The summed E-state index contributed by atoms with van der Waals surface area (Å²) in [5.41, 5.74) is 1.49. The van der Waals surface area contributed by atoms with E-state index in [2.05, 4.69) is 9.80 Å². The third-order valence-electron chi connectivity index (χ3n) is 6.02. The highest BCUT2D eigenvalue weighted by molar-refractivity contribution is 5.65. The fourth-order valence-corrected chi connectivity index (χ4v) is 4.14. The van der Waals surface area contributed by atoms with Gasteiger partial charge in [0.25, 0.3) is 0 Å². The number of esters is 1. The van der Waals surface area contributed by atoms with Gasteiger partial charge < -0.3 is 13.9 Å². The molecule has 2 heterocycles. The number of benzene rings is 2. The Morgan fingerprint density at radius 3 is 2.34 bits per heavy atom. The minimum absolute atomic E-state index is 0.150. The zero-order valence-corrected chi connectivity index (χ0v) is 19.8. The first-order valence-corrected chi connectivity index (χ1v) is 11.7. The molecule has 0 saturated carbocycles. The van der Waals surface area contributed by atoms with Crippen LogP contribution in [0.4, 0.5) is 8.78 Å². The number of nitrogens with zero attached hydrogens (tertiary/aromatic N) is 2. The van der Waals surface area contributed by atoms with E-state index in [1.165, 1.54) is 13.0 Å². The van der Waals surface area contributed by atoms with Crippen molar-refractivity contribution >= 4 is 5.97 Å². The van der Waals surface area contributed by atoms with Gasteiger partial charge in [-0.2, -0.15) is 0 Å². The summed E-state index contributed by atoms with van der Waals surface area (Å²) in [6.07, 6.45) is -0.465. The molecule has 0 bridgehead atoms. The van der Waals surface area contributed by atoms with Crippen molar-refractivity contribution in [2.24, 2.45) is 0 Å². The second-order valence-corrected chi connectivity index (χ2v) is 8.60. The Labute approximate surface area is 204 Å². The van der Waals surface area contributed by atoms with E-state index in [9.17, 15) is 13.6 Å². The highest BCUT2D eigenvalue weighted by Gasteiger charge is 2.20. The van der Waals surface area contributed by atoms with E-state index in [0.29, 0.717) is 24.5 Å². The van der Waals surface area contributed by atoms with Crippen molar-refractivity contribution in [3.63, 3.8) is 0 Å². The standard InChI is InChI=1S/C27H30F2N2O4/c1-20(32)34-19-24-9-8-23(35-24)18-31-13-11-30(12-14-31)15-16-33-27(21-5-3-2-4-6-21)22-7-10-25(28)26(29)17-22/h2-10,17,27H,11-16,18-19H2,1H3. The van der Waals surface area contributed by atoms with Gasteiger partial charge in [-0.25, -0.2) is 8.78 Å². The Balaban J connectivity index is 1.25. The van der Waals surface area contributed by atoms with Crippen LogP contribution in [0.25, 0.3) is 0 Å². The largest absolute Gasteiger partial charge is 0.461 e. The van der Waals surface area contributed by atoms with Crippen LogP contribution in [0.5, 0.6) is 0 Å². The molecule has 1 saturated heterocycles. The van der Waals surface area contributed by atoms with E-state index in [4.69, 9.17) is 13.9 Å². The molecule has 1 fully saturated rings. The van der Waals surface area contributed by atoms with E-state index in [1.54, 1.807) is 6.07 Å². The van der Waals surface area contributed by atoms with Gasteiger partial charge in [0.15, 0.2) is 11.6 Å². The van der Waals surface area contributed by atoms with E-state index < -0.39 is 17.7 Å². The zero-order valence-electron chi connectivity index (χ0n) is 19.8. The molecule has 35 heavy (non-hydrogen) atoms. The van der Waals surface area contributed by atoms with Gasteiger partial charge in [-0.05, 0) is 35.4 Å². The SMILES string of the molecule is CC(=O)OCc1ccc(CN2CCN(CCOC(c3ccccc3)c3ccc(F)c(F)c3)CC2)o1. The normalized spacial score (nSPS) is 15.7. The van der Waals surface area contributed by atoms with Crippen LogP contribution in [0.3, 0.4) is 0 Å².